The Morgan fingerprint density at radius 1 is 0.512 bits per heavy atom. The lowest BCUT2D eigenvalue weighted by atomic mass is 10.0. The second-order valence-electron chi connectivity index (χ2n) is 22.8. The van der Waals surface area contributed by atoms with Crippen LogP contribution in [0.25, 0.3) is 33.4 Å². The van der Waals surface area contributed by atoms with Crippen molar-refractivity contribution in [2.24, 2.45) is 0 Å². The Labute approximate surface area is 468 Å². The van der Waals surface area contributed by atoms with Gasteiger partial charge in [0, 0.05) is 96.6 Å². The largest absolute Gasteiger partial charge is 0.369 e. The molecule has 4 aromatic carbocycles. The van der Waals surface area contributed by atoms with Gasteiger partial charge in [-0.15, -0.1) is 0 Å². The zero-order valence-corrected chi connectivity index (χ0v) is 48.7. The lowest BCUT2D eigenvalue weighted by molar-refractivity contribution is 0.249. The number of benzene rings is 4. The van der Waals surface area contributed by atoms with E-state index in [-0.39, 0.29) is 11.6 Å². The maximum absolute atomic E-state index is 15.1. The molecule has 0 spiro atoms. The molecule has 0 saturated carbocycles. The highest BCUT2D eigenvalue weighted by Gasteiger charge is 2.31. The lowest BCUT2D eigenvalue weighted by Crippen LogP contribution is -2.42. The van der Waals surface area contributed by atoms with Crippen molar-refractivity contribution >= 4 is 88.1 Å². The van der Waals surface area contributed by atoms with E-state index in [0.29, 0.717) is 69.4 Å². The van der Waals surface area contributed by atoms with E-state index >= 15 is 8.78 Å². The molecule has 10 rings (SSSR count). The number of halogens is 2. The van der Waals surface area contributed by atoms with Crippen molar-refractivity contribution in [1.82, 2.24) is 38.9 Å². The second-order valence-corrected chi connectivity index (χ2v) is 27.7. The van der Waals surface area contributed by atoms with Gasteiger partial charge in [-0.25, -0.2) is 35.6 Å². The Morgan fingerprint density at radius 3 is 1.23 bits per heavy atom. The minimum atomic E-state index is -3.57. The van der Waals surface area contributed by atoms with Crippen LogP contribution >= 0.6 is 0 Å². The summed E-state index contributed by atoms with van der Waals surface area (Å²) in [5.41, 5.74) is 5.99. The number of sulfonamides is 2. The van der Waals surface area contributed by atoms with Crippen molar-refractivity contribution in [2.75, 3.05) is 84.2 Å². The number of hydrogen-bond acceptors (Lipinski definition) is 14. The highest BCUT2D eigenvalue weighted by molar-refractivity contribution is 7.94. The summed E-state index contributed by atoms with van der Waals surface area (Å²) >= 11 is 0. The molecule has 0 radical (unpaired) electrons. The molecule has 0 bridgehead atoms. The van der Waals surface area contributed by atoms with Gasteiger partial charge in [0.1, 0.15) is 22.9 Å². The maximum Gasteiger partial charge on any atom is 0.237 e. The first-order valence-electron chi connectivity index (χ1n) is 26.7. The van der Waals surface area contributed by atoms with Crippen LogP contribution in [0, 0.1) is 11.6 Å². The van der Waals surface area contributed by atoms with E-state index in [1.54, 1.807) is 102 Å². The predicted molar refractivity (Wildman–Crippen MR) is 320 cm³/mol. The minimum Gasteiger partial charge on any atom is -0.369 e. The topological polar surface area (TPSA) is 191 Å². The summed E-state index contributed by atoms with van der Waals surface area (Å²) in [6, 6.07) is 29.3. The number of anilines is 8. The molecule has 0 unspecified atom stereocenters. The molecule has 0 aliphatic carbocycles. The fraction of sp³-hybridized carbons (Fsp3) is 0.379. The van der Waals surface area contributed by atoms with Crippen LogP contribution in [0.15, 0.2) is 122 Å². The molecule has 2 saturated heterocycles. The van der Waals surface area contributed by atoms with Gasteiger partial charge < -0.3 is 39.4 Å². The molecular weight excluding hydrogens is 1060 g/mol. The van der Waals surface area contributed by atoms with Gasteiger partial charge in [-0.05, 0) is 180 Å². The van der Waals surface area contributed by atoms with Gasteiger partial charge in [-0.3, -0.25) is 9.44 Å². The zero-order chi connectivity index (χ0) is 57.3. The highest BCUT2D eigenvalue weighted by atomic mass is 32.2. The van der Waals surface area contributed by atoms with Crippen molar-refractivity contribution in [3.8, 4) is 11.4 Å². The average molecular weight is 1130 g/mol. The predicted octanol–water partition coefficient (Wildman–Crippen LogP) is 10.7. The van der Waals surface area contributed by atoms with Gasteiger partial charge in [0.2, 0.25) is 31.9 Å². The summed E-state index contributed by atoms with van der Waals surface area (Å²) in [6.45, 7) is 13.2. The summed E-state index contributed by atoms with van der Waals surface area (Å²) in [5, 5.41) is 7.88. The lowest BCUT2D eigenvalue weighted by Gasteiger charge is -2.36. The summed E-state index contributed by atoms with van der Waals surface area (Å²) in [5.74, 6) is 0.0894. The fourth-order valence-electron chi connectivity index (χ4n) is 9.62. The summed E-state index contributed by atoms with van der Waals surface area (Å²) in [6.07, 6.45) is 11.1. The Bertz CT molecular complexity index is 3490. The van der Waals surface area contributed by atoms with Crippen molar-refractivity contribution in [2.45, 2.75) is 88.8 Å². The molecule has 8 aromatic rings. The molecule has 2 aliphatic rings. The quantitative estimate of drug-likeness (QED) is 0.0804. The van der Waals surface area contributed by atoms with E-state index in [1.165, 1.54) is 12.1 Å². The number of hydrogen-bond donors (Lipinski definition) is 4. The molecule has 0 amide bonds. The Morgan fingerprint density at radius 2 is 0.887 bits per heavy atom. The zero-order valence-electron chi connectivity index (χ0n) is 47.0. The number of nitrogens with zero attached hydrogens (tertiary/aromatic N) is 10. The van der Waals surface area contributed by atoms with E-state index < -0.39 is 29.5 Å². The average Bonchev–Trinajstić information content (AvgIpc) is 4.05. The molecule has 0 atom stereocenters. The summed E-state index contributed by atoms with van der Waals surface area (Å²) < 4.78 is 88.0. The Balaban J connectivity index is 0.000000194. The van der Waals surface area contributed by atoms with Crippen LogP contribution in [0.3, 0.4) is 0 Å². The monoisotopic (exact) mass is 1130 g/mol. The van der Waals surface area contributed by atoms with E-state index in [1.807, 2.05) is 57.9 Å². The molecule has 2 aliphatic heterocycles. The first-order chi connectivity index (χ1) is 37.8. The molecule has 6 heterocycles. The van der Waals surface area contributed by atoms with Gasteiger partial charge in [0.05, 0.1) is 32.2 Å². The summed E-state index contributed by atoms with van der Waals surface area (Å²) in [7, 11) is 1.22. The van der Waals surface area contributed by atoms with Crippen LogP contribution in [-0.2, 0) is 20.0 Å². The number of piperidine rings is 2. The molecule has 80 heavy (non-hydrogen) atoms. The van der Waals surface area contributed by atoms with E-state index in [9.17, 15) is 16.8 Å². The van der Waals surface area contributed by atoms with Crippen LogP contribution in [-0.4, -0.2) is 132 Å². The number of aromatic nitrogens is 6. The van der Waals surface area contributed by atoms with Crippen molar-refractivity contribution in [3.63, 3.8) is 0 Å². The SMILES string of the molecule is CN(C)C1CCN(c2ccc(Nc3ncc4ccn(-c5cccc(NS(=O)(=O)C(C)(C)C)c5)c4n3)cc2F)CC1.CN(C)C1CCN(c2ccc(Nc3ncc4ccn(-c5cccc(NS(=O)(=O)C(C)(C)C)c5)c4n3)cc2F)CC1. The highest BCUT2D eigenvalue weighted by Crippen LogP contribution is 2.32. The third-order valence-corrected chi connectivity index (χ3v) is 18.9. The van der Waals surface area contributed by atoms with Crippen LogP contribution in [0.5, 0.6) is 0 Å². The van der Waals surface area contributed by atoms with Crippen LogP contribution < -0.4 is 29.9 Å². The smallest absolute Gasteiger partial charge is 0.237 e. The molecule has 18 nitrogen and oxygen atoms in total. The third-order valence-electron chi connectivity index (χ3n) is 14.7. The minimum absolute atomic E-state index is 0.285. The molecule has 4 N–H and O–H groups in total. The van der Waals surface area contributed by atoms with E-state index in [0.717, 1.165) is 74.0 Å². The van der Waals surface area contributed by atoms with Gasteiger partial charge in [-0.2, -0.15) is 9.97 Å². The van der Waals surface area contributed by atoms with E-state index in [2.05, 4.69) is 87.8 Å². The third kappa shape index (κ3) is 12.9. The standard InChI is InChI=1S/2C29H36FN7O2S/c2*1-29(2,3)40(38,39)34-22-7-6-8-24(17-22)37-16-11-20-19-31-28(33-27(20)37)32-21-9-10-26(25(30)18-21)36-14-12-23(13-15-36)35(4)5/h2*6-11,16-19,23,34H,12-15H2,1-5H3,(H,31,32,33). The van der Waals surface area contributed by atoms with Crippen molar-refractivity contribution in [1.29, 1.82) is 0 Å². The van der Waals surface area contributed by atoms with E-state index in [4.69, 9.17) is 0 Å². The van der Waals surface area contributed by atoms with Gasteiger partial charge in [0.15, 0.2) is 0 Å². The Kier molecular flexibility index (Phi) is 16.5. The second kappa shape index (κ2) is 23.0. The number of fused-ring (bicyclic) bond motifs is 2. The summed E-state index contributed by atoms with van der Waals surface area (Å²) in [4.78, 5) is 26.8. The van der Waals surface area contributed by atoms with Crippen LogP contribution in [0.4, 0.5) is 54.8 Å². The fourth-order valence-corrected chi connectivity index (χ4v) is 11.1. The van der Waals surface area contributed by atoms with Crippen molar-refractivity contribution < 1.29 is 25.6 Å². The van der Waals surface area contributed by atoms with Crippen LogP contribution in [0.1, 0.15) is 67.2 Å². The molecule has 4 aromatic heterocycles. The molecule has 424 valence electrons. The van der Waals surface area contributed by atoms with Crippen LogP contribution in [0.2, 0.25) is 0 Å². The number of rotatable bonds is 14. The first-order valence-corrected chi connectivity index (χ1v) is 29.7. The van der Waals surface area contributed by atoms with Gasteiger partial charge >= 0.3 is 0 Å². The molecular formula is C58H72F2N14O4S2. The normalized spacial score (nSPS) is 15.1. The van der Waals surface area contributed by atoms with Gasteiger partial charge in [-0.1, -0.05) is 12.1 Å². The Hall–Kier alpha value is -7.40. The first kappa shape index (κ1) is 57.3. The molecule has 2 fully saturated rings. The van der Waals surface area contributed by atoms with Gasteiger partial charge in [0.25, 0.3) is 0 Å². The number of nitrogens with one attached hydrogen (secondary N) is 4. The van der Waals surface area contributed by atoms with Crippen molar-refractivity contribution in [3.05, 3.63) is 133 Å². The maximum atomic E-state index is 15.1. The molecule has 22 heteroatoms.